The molecule has 0 N–H and O–H groups in total. The fraction of sp³-hybridized carbons (Fsp3) is 0.0500. The van der Waals surface area contributed by atoms with E-state index in [0.29, 0.717) is 6.54 Å². The van der Waals surface area contributed by atoms with Gasteiger partial charge in [0.2, 0.25) is 0 Å². The van der Waals surface area contributed by atoms with Crippen LogP contribution in [-0.2, 0) is 6.54 Å². The second-order valence-corrected chi connectivity index (χ2v) is 5.43. The summed E-state index contributed by atoms with van der Waals surface area (Å²) in [6, 6.07) is 24.6. The molecule has 0 atom stereocenters. The lowest BCUT2D eigenvalue weighted by molar-refractivity contribution is 0.962. The Hall–Kier alpha value is -3.07. The fourth-order valence-corrected chi connectivity index (χ4v) is 2.70. The zero-order valence-electron chi connectivity index (χ0n) is 12.6. The first-order valence-electron chi connectivity index (χ1n) is 7.59. The summed E-state index contributed by atoms with van der Waals surface area (Å²) in [5.74, 6) is 0. The molecular formula is C20H15N3. The molecule has 0 aliphatic heterocycles. The quantitative estimate of drug-likeness (QED) is 0.449. The Balaban J connectivity index is 1.60. The van der Waals surface area contributed by atoms with Gasteiger partial charge in [0.25, 0.3) is 0 Å². The molecule has 0 saturated carbocycles. The van der Waals surface area contributed by atoms with E-state index in [1.807, 2.05) is 30.3 Å². The van der Waals surface area contributed by atoms with E-state index in [9.17, 15) is 0 Å². The zero-order chi connectivity index (χ0) is 15.5. The van der Waals surface area contributed by atoms with Crippen molar-refractivity contribution < 1.29 is 0 Å². The Bertz CT molecular complexity index is 1000. The van der Waals surface area contributed by atoms with E-state index in [1.54, 1.807) is 6.20 Å². The van der Waals surface area contributed by atoms with Crippen molar-refractivity contribution in [2.24, 2.45) is 10.2 Å². The molecule has 4 aromatic rings. The molecule has 0 unspecified atom stereocenters. The second-order valence-electron chi connectivity index (χ2n) is 5.43. The SMILES string of the molecule is c1ccc2cc(CN=Nc3cccc4cccnc34)ccc2c1. The summed E-state index contributed by atoms with van der Waals surface area (Å²) < 4.78 is 0. The van der Waals surface area contributed by atoms with Crippen molar-refractivity contribution in [2.75, 3.05) is 0 Å². The third-order valence-electron chi connectivity index (χ3n) is 3.86. The topological polar surface area (TPSA) is 37.6 Å². The number of hydrogen-bond acceptors (Lipinski definition) is 3. The summed E-state index contributed by atoms with van der Waals surface area (Å²) in [7, 11) is 0. The lowest BCUT2D eigenvalue weighted by atomic mass is 10.1. The molecule has 1 heterocycles. The number of azo groups is 1. The van der Waals surface area contributed by atoms with Crippen molar-refractivity contribution in [3.8, 4) is 0 Å². The van der Waals surface area contributed by atoms with E-state index in [2.05, 4.69) is 57.7 Å². The highest BCUT2D eigenvalue weighted by Gasteiger charge is 2.00. The molecule has 23 heavy (non-hydrogen) atoms. The number of fused-ring (bicyclic) bond motifs is 2. The summed E-state index contributed by atoms with van der Waals surface area (Å²) in [6.45, 7) is 0.564. The third-order valence-corrected chi connectivity index (χ3v) is 3.86. The first-order valence-corrected chi connectivity index (χ1v) is 7.59. The first kappa shape index (κ1) is 13.6. The van der Waals surface area contributed by atoms with E-state index in [-0.39, 0.29) is 0 Å². The molecule has 0 amide bonds. The molecular weight excluding hydrogens is 282 g/mol. The van der Waals surface area contributed by atoms with E-state index in [0.717, 1.165) is 22.2 Å². The Morgan fingerprint density at radius 2 is 1.57 bits per heavy atom. The van der Waals surface area contributed by atoms with Gasteiger partial charge in [-0.15, -0.1) is 0 Å². The maximum atomic E-state index is 4.39. The van der Waals surface area contributed by atoms with Crippen LogP contribution in [0.25, 0.3) is 21.7 Å². The van der Waals surface area contributed by atoms with Crippen LogP contribution >= 0.6 is 0 Å². The Morgan fingerprint density at radius 1 is 0.739 bits per heavy atom. The summed E-state index contributed by atoms with van der Waals surface area (Å²) in [6.07, 6.45) is 1.78. The molecule has 1 aromatic heterocycles. The van der Waals surface area contributed by atoms with Crippen LogP contribution in [0.3, 0.4) is 0 Å². The van der Waals surface area contributed by atoms with Crippen molar-refractivity contribution in [1.82, 2.24) is 4.98 Å². The molecule has 110 valence electrons. The molecule has 0 bridgehead atoms. The number of rotatable bonds is 3. The van der Waals surface area contributed by atoms with E-state index in [1.165, 1.54) is 10.8 Å². The number of pyridine rings is 1. The van der Waals surface area contributed by atoms with Crippen molar-refractivity contribution in [1.29, 1.82) is 0 Å². The predicted octanol–water partition coefficient (Wildman–Crippen LogP) is 5.67. The minimum Gasteiger partial charge on any atom is -0.254 e. The van der Waals surface area contributed by atoms with Gasteiger partial charge < -0.3 is 0 Å². The van der Waals surface area contributed by atoms with Crippen LogP contribution in [0, 0.1) is 0 Å². The van der Waals surface area contributed by atoms with Crippen LogP contribution in [0.4, 0.5) is 5.69 Å². The van der Waals surface area contributed by atoms with E-state index >= 15 is 0 Å². The molecule has 0 aliphatic carbocycles. The lowest BCUT2D eigenvalue weighted by Gasteiger charge is -2.01. The average Bonchev–Trinajstić information content (AvgIpc) is 2.62. The predicted molar refractivity (Wildman–Crippen MR) is 93.9 cm³/mol. The maximum absolute atomic E-state index is 4.39. The molecule has 0 aliphatic rings. The zero-order valence-corrected chi connectivity index (χ0v) is 12.6. The number of hydrogen-bond donors (Lipinski definition) is 0. The summed E-state index contributed by atoms with van der Waals surface area (Å²) >= 11 is 0. The normalized spacial score (nSPS) is 11.5. The van der Waals surface area contributed by atoms with Crippen molar-refractivity contribution in [3.63, 3.8) is 0 Å². The van der Waals surface area contributed by atoms with Crippen LogP contribution in [0.1, 0.15) is 5.56 Å². The molecule has 0 spiro atoms. The highest BCUT2D eigenvalue weighted by molar-refractivity contribution is 5.88. The first-order chi connectivity index (χ1) is 11.4. The monoisotopic (exact) mass is 297 g/mol. The number of nitrogens with zero attached hydrogens (tertiary/aromatic N) is 3. The van der Waals surface area contributed by atoms with Crippen LogP contribution in [0.2, 0.25) is 0 Å². The largest absolute Gasteiger partial charge is 0.254 e. The molecule has 0 fully saturated rings. The van der Waals surface area contributed by atoms with Crippen LogP contribution in [-0.4, -0.2) is 4.98 Å². The highest BCUT2D eigenvalue weighted by Crippen LogP contribution is 2.24. The van der Waals surface area contributed by atoms with Crippen LogP contribution in [0.15, 0.2) is 89.2 Å². The van der Waals surface area contributed by atoms with Crippen LogP contribution < -0.4 is 0 Å². The van der Waals surface area contributed by atoms with Gasteiger partial charge in [-0.3, -0.25) is 4.98 Å². The fourth-order valence-electron chi connectivity index (χ4n) is 2.70. The molecule has 3 heteroatoms. The summed E-state index contributed by atoms with van der Waals surface area (Å²) in [5.41, 5.74) is 2.85. The van der Waals surface area contributed by atoms with E-state index in [4.69, 9.17) is 0 Å². The van der Waals surface area contributed by atoms with Gasteiger partial charge in [-0.1, -0.05) is 54.6 Å². The van der Waals surface area contributed by atoms with Crippen molar-refractivity contribution in [3.05, 3.63) is 84.6 Å². The highest BCUT2D eigenvalue weighted by atomic mass is 15.1. The number of benzene rings is 3. The molecule has 0 saturated heterocycles. The lowest BCUT2D eigenvalue weighted by Crippen LogP contribution is -1.82. The van der Waals surface area contributed by atoms with Gasteiger partial charge >= 0.3 is 0 Å². The van der Waals surface area contributed by atoms with Gasteiger partial charge in [0.1, 0.15) is 5.69 Å². The molecule has 3 aromatic carbocycles. The average molecular weight is 297 g/mol. The van der Waals surface area contributed by atoms with E-state index < -0.39 is 0 Å². The Morgan fingerprint density at radius 3 is 2.52 bits per heavy atom. The van der Waals surface area contributed by atoms with Gasteiger partial charge in [-0.2, -0.15) is 10.2 Å². The summed E-state index contributed by atoms with van der Waals surface area (Å²) in [5, 5.41) is 12.3. The molecule has 3 nitrogen and oxygen atoms in total. The van der Waals surface area contributed by atoms with Crippen LogP contribution in [0.5, 0.6) is 0 Å². The van der Waals surface area contributed by atoms with Crippen molar-refractivity contribution >= 4 is 27.4 Å². The summed E-state index contributed by atoms with van der Waals surface area (Å²) in [4.78, 5) is 4.39. The van der Waals surface area contributed by atoms with Crippen molar-refractivity contribution in [2.45, 2.75) is 6.54 Å². The minimum absolute atomic E-state index is 0.564. The Labute approximate surface area is 134 Å². The number of aromatic nitrogens is 1. The third kappa shape index (κ3) is 2.81. The van der Waals surface area contributed by atoms with Gasteiger partial charge in [0.05, 0.1) is 12.1 Å². The molecule has 0 radical (unpaired) electrons. The smallest absolute Gasteiger partial charge is 0.111 e. The number of para-hydroxylation sites is 1. The van der Waals surface area contributed by atoms with Gasteiger partial charge in [0, 0.05) is 11.6 Å². The van der Waals surface area contributed by atoms with Gasteiger partial charge in [-0.05, 0) is 34.5 Å². The maximum Gasteiger partial charge on any atom is 0.111 e. The van der Waals surface area contributed by atoms with Gasteiger partial charge in [-0.25, -0.2) is 0 Å². The Kier molecular flexibility index (Phi) is 3.53. The second kappa shape index (κ2) is 5.97. The standard InChI is InChI=1S/C20H15N3/c1-2-6-18-13-15(10-11-16(18)5-1)14-22-23-19-9-3-7-17-8-4-12-21-20(17)19/h1-13H,14H2. The van der Waals surface area contributed by atoms with Gasteiger partial charge in [0.15, 0.2) is 0 Å². The molecule has 4 rings (SSSR count). The minimum atomic E-state index is 0.564.